The molecule has 3 atom stereocenters. The standard InChI is InChI=1S/C19H27NO2/c1-5-16-12-17(14(3)4)20(18(16)19(21)22-6-2)13-15-10-8-7-9-11-15/h5,7-11,14,16-18H,1,6,12-13H2,2-4H3/t16-,17-,18-/m1/s1. The summed E-state index contributed by atoms with van der Waals surface area (Å²) in [5, 5.41) is 0. The predicted molar refractivity (Wildman–Crippen MR) is 89.3 cm³/mol. The van der Waals surface area contributed by atoms with Gasteiger partial charge in [-0.15, -0.1) is 6.58 Å². The number of rotatable bonds is 6. The van der Waals surface area contributed by atoms with E-state index in [1.54, 1.807) is 0 Å². The maximum Gasteiger partial charge on any atom is 0.323 e. The number of carbonyl (C=O) groups excluding carboxylic acids is 1. The molecule has 1 aliphatic heterocycles. The number of hydrogen-bond donors (Lipinski definition) is 0. The quantitative estimate of drug-likeness (QED) is 0.593. The van der Waals surface area contributed by atoms with E-state index < -0.39 is 0 Å². The van der Waals surface area contributed by atoms with Crippen LogP contribution in [0.1, 0.15) is 32.8 Å². The number of ether oxygens (including phenoxy) is 1. The van der Waals surface area contributed by atoms with E-state index in [1.807, 2.05) is 31.2 Å². The van der Waals surface area contributed by atoms with Crippen LogP contribution in [0.15, 0.2) is 43.0 Å². The van der Waals surface area contributed by atoms with Crippen LogP contribution in [0, 0.1) is 11.8 Å². The minimum atomic E-state index is -0.218. The number of benzene rings is 1. The molecular formula is C19H27NO2. The average Bonchev–Trinajstić information content (AvgIpc) is 2.87. The summed E-state index contributed by atoms with van der Waals surface area (Å²) in [4.78, 5) is 14.8. The normalized spacial score (nSPS) is 25.4. The topological polar surface area (TPSA) is 29.5 Å². The predicted octanol–water partition coefficient (Wildman–Crippen LogP) is 3.65. The molecule has 1 heterocycles. The molecule has 0 radical (unpaired) electrons. The lowest BCUT2D eigenvalue weighted by Crippen LogP contribution is -2.44. The highest BCUT2D eigenvalue weighted by Crippen LogP contribution is 2.36. The van der Waals surface area contributed by atoms with Crippen LogP contribution in [-0.2, 0) is 16.1 Å². The average molecular weight is 301 g/mol. The summed E-state index contributed by atoms with van der Waals surface area (Å²) in [7, 11) is 0. The highest BCUT2D eigenvalue weighted by molar-refractivity contribution is 5.77. The van der Waals surface area contributed by atoms with Crippen molar-refractivity contribution in [2.45, 2.75) is 45.8 Å². The molecule has 1 aromatic carbocycles. The van der Waals surface area contributed by atoms with E-state index in [0.29, 0.717) is 18.6 Å². The van der Waals surface area contributed by atoms with Crippen molar-refractivity contribution in [2.75, 3.05) is 6.61 Å². The minimum absolute atomic E-state index is 0.119. The van der Waals surface area contributed by atoms with Crippen molar-refractivity contribution in [3.05, 3.63) is 48.6 Å². The van der Waals surface area contributed by atoms with Gasteiger partial charge in [-0.3, -0.25) is 9.69 Å². The summed E-state index contributed by atoms with van der Waals surface area (Å²) >= 11 is 0. The first-order valence-corrected chi connectivity index (χ1v) is 8.17. The summed E-state index contributed by atoms with van der Waals surface area (Å²) in [6.07, 6.45) is 2.89. The third kappa shape index (κ3) is 3.58. The molecule has 2 rings (SSSR count). The van der Waals surface area contributed by atoms with Crippen LogP contribution in [0.4, 0.5) is 0 Å². The second-order valence-electron chi connectivity index (χ2n) is 6.30. The van der Waals surface area contributed by atoms with Crippen molar-refractivity contribution < 1.29 is 9.53 Å². The number of nitrogens with zero attached hydrogens (tertiary/aromatic N) is 1. The SMILES string of the molecule is C=C[C@@H]1C[C@H](C(C)C)N(Cc2ccccc2)[C@H]1C(=O)OCC. The molecule has 1 saturated heterocycles. The molecule has 1 aliphatic rings. The van der Waals surface area contributed by atoms with Gasteiger partial charge in [0.05, 0.1) is 6.61 Å². The van der Waals surface area contributed by atoms with Crippen molar-refractivity contribution >= 4 is 5.97 Å². The summed E-state index contributed by atoms with van der Waals surface area (Å²) in [6.45, 7) is 11.4. The molecule has 0 bridgehead atoms. The second-order valence-corrected chi connectivity index (χ2v) is 6.30. The third-order valence-electron chi connectivity index (χ3n) is 4.51. The zero-order valence-electron chi connectivity index (χ0n) is 13.9. The molecule has 0 aromatic heterocycles. The van der Waals surface area contributed by atoms with Gasteiger partial charge in [0.1, 0.15) is 6.04 Å². The van der Waals surface area contributed by atoms with Gasteiger partial charge in [0, 0.05) is 18.5 Å². The zero-order valence-corrected chi connectivity index (χ0v) is 13.9. The molecule has 0 unspecified atom stereocenters. The molecule has 0 N–H and O–H groups in total. The van der Waals surface area contributed by atoms with Gasteiger partial charge in [-0.2, -0.15) is 0 Å². The van der Waals surface area contributed by atoms with Crippen molar-refractivity contribution in [3.8, 4) is 0 Å². The van der Waals surface area contributed by atoms with Crippen molar-refractivity contribution in [1.29, 1.82) is 0 Å². The van der Waals surface area contributed by atoms with Crippen LogP contribution in [0.2, 0.25) is 0 Å². The number of carbonyl (C=O) groups is 1. The summed E-state index contributed by atoms with van der Waals surface area (Å²) in [5.41, 5.74) is 1.23. The lowest BCUT2D eigenvalue weighted by Gasteiger charge is -2.31. The van der Waals surface area contributed by atoms with Crippen molar-refractivity contribution in [1.82, 2.24) is 4.90 Å². The molecule has 22 heavy (non-hydrogen) atoms. The molecule has 3 nitrogen and oxygen atoms in total. The van der Waals surface area contributed by atoms with E-state index in [0.717, 1.165) is 13.0 Å². The molecule has 1 aromatic rings. The van der Waals surface area contributed by atoms with Crippen LogP contribution in [0.25, 0.3) is 0 Å². The van der Waals surface area contributed by atoms with Gasteiger partial charge in [-0.1, -0.05) is 50.3 Å². The van der Waals surface area contributed by atoms with Gasteiger partial charge < -0.3 is 4.74 Å². The van der Waals surface area contributed by atoms with E-state index in [4.69, 9.17) is 4.74 Å². The van der Waals surface area contributed by atoms with Crippen LogP contribution < -0.4 is 0 Å². The van der Waals surface area contributed by atoms with Crippen molar-refractivity contribution in [3.63, 3.8) is 0 Å². The van der Waals surface area contributed by atoms with Crippen molar-refractivity contribution in [2.24, 2.45) is 11.8 Å². The fourth-order valence-corrected chi connectivity index (χ4v) is 3.42. The Morgan fingerprint density at radius 3 is 2.64 bits per heavy atom. The van der Waals surface area contributed by atoms with Gasteiger partial charge in [0.15, 0.2) is 0 Å². The van der Waals surface area contributed by atoms with E-state index in [1.165, 1.54) is 5.56 Å². The Kier molecular flexibility index (Phi) is 5.78. The maximum atomic E-state index is 12.5. The summed E-state index contributed by atoms with van der Waals surface area (Å²) in [5.74, 6) is 0.534. The Bertz CT molecular complexity index is 497. The number of likely N-dealkylation sites (tertiary alicyclic amines) is 1. The summed E-state index contributed by atoms with van der Waals surface area (Å²) < 4.78 is 5.33. The molecule has 0 spiro atoms. The van der Waals surface area contributed by atoms with Gasteiger partial charge >= 0.3 is 5.97 Å². The maximum absolute atomic E-state index is 12.5. The molecule has 0 aliphatic carbocycles. The lowest BCUT2D eigenvalue weighted by molar-refractivity contribution is -0.150. The first kappa shape index (κ1) is 16.8. The highest BCUT2D eigenvalue weighted by atomic mass is 16.5. The van der Waals surface area contributed by atoms with E-state index >= 15 is 0 Å². The third-order valence-corrected chi connectivity index (χ3v) is 4.51. The lowest BCUT2D eigenvalue weighted by atomic mass is 9.95. The monoisotopic (exact) mass is 301 g/mol. The highest BCUT2D eigenvalue weighted by Gasteiger charge is 2.45. The van der Waals surface area contributed by atoms with Gasteiger partial charge in [-0.05, 0) is 24.8 Å². The van der Waals surface area contributed by atoms with Gasteiger partial charge in [0.2, 0.25) is 0 Å². The number of esters is 1. The molecule has 0 saturated carbocycles. The Hall–Kier alpha value is -1.61. The zero-order chi connectivity index (χ0) is 16.1. The van der Waals surface area contributed by atoms with E-state index in [-0.39, 0.29) is 17.9 Å². The fraction of sp³-hybridized carbons (Fsp3) is 0.526. The minimum Gasteiger partial charge on any atom is -0.465 e. The second kappa shape index (κ2) is 7.59. The Morgan fingerprint density at radius 1 is 1.41 bits per heavy atom. The fourth-order valence-electron chi connectivity index (χ4n) is 3.42. The van der Waals surface area contributed by atoms with Gasteiger partial charge in [0.25, 0.3) is 0 Å². The van der Waals surface area contributed by atoms with Crippen LogP contribution in [-0.4, -0.2) is 29.6 Å². The Labute approximate surface area is 134 Å². The van der Waals surface area contributed by atoms with Crippen LogP contribution in [0.5, 0.6) is 0 Å². The molecule has 3 heteroatoms. The first-order valence-electron chi connectivity index (χ1n) is 8.17. The molecule has 1 fully saturated rings. The molecule has 120 valence electrons. The largest absolute Gasteiger partial charge is 0.465 e. The summed E-state index contributed by atoms with van der Waals surface area (Å²) in [6, 6.07) is 10.5. The first-order chi connectivity index (χ1) is 10.6. The molecular weight excluding hydrogens is 274 g/mol. The van der Waals surface area contributed by atoms with Crippen LogP contribution in [0.3, 0.4) is 0 Å². The van der Waals surface area contributed by atoms with E-state index in [9.17, 15) is 4.79 Å². The Morgan fingerprint density at radius 2 is 2.09 bits per heavy atom. The molecule has 0 amide bonds. The smallest absolute Gasteiger partial charge is 0.323 e. The van der Waals surface area contributed by atoms with E-state index in [2.05, 4.69) is 37.5 Å². The van der Waals surface area contributed by atoms with Gasteiger partial charge in [-0.25, -0.2) is 0 Å². The van der Waals surface area contributed by atoms with Crippen LogP contribution >= 0.6 is 0 Å². The Balaban J connectivity index is 2.28. The number of hydrogen-bond acceptors (Lipinski definition) is 3.